The summed E-state index contributed by atoms with van der Waals surface area (Å²) in [6.07, 6.45) is 3.42. The number of nitrogens with one attached hydrogen (secondary N) is 2. The number of hydrogen-bond acceptors (Lipinski definition) is 6. The second-order valence-electron chi connectivity index (χ2n) is 10.4. The Hall–Kier alpha value is -3.95. The van der Waals surface area contributed by atoms with Crippen LogP contribution in [0.1, 0.15) is 54.6 Å². The highest BCUT2D eigenvalue weighted by Gasteiger charge is 2.23. The third-order valence-electron chi connectivity index (χ3n) is 7.46. The lowest BCUT2D eigenvalue weighted by Crippen LogP contribution is -2.31. The molecule has 0 unspecified atom stereocenters. The summed E-state index contributed by atoms with van der Waals surface area (Å²) in [4.78, 5) is 44.5. The van der Waals surface area contributed by atoms with Crippen molar-refractivity contribution in [3.05, 3.63) is 99.8 Å². The molecule has 4 aromatic rings. The molecule has 2 atom stereocenters. The van der Waals surface area contributed by atoms with E-state index in [0.717, 1.165) is 42.7 Å². The van der Waals surface area contributed by atoms with Crippen LogP contribution in [-0.4, -0.2) is 45.9 Å². The van der Waals surface area contributed by atoms with Crippen LogP contribution in [0.3, 0.4) is 0 Å². The Morgan fingerprint density at radius 2 is 1.81 bits per heavy atom. The molecule has 0 saturated carbocycles. The molecular formula is C33H36N4O4S. The number of aryl methyl sites for hydroxylation is 1. The quantitative estimate of drug-likeness (QED) is 0.180. The van der Waals surface area contributed by atoms with Crippen molar-refractivity contribution >= 4 is 40.2 Å². The first-order valence-corrected chi connectivity index (χ1v) is 15.4. The molecule has 1 fully saturated rings. The molecule has 8 nitrogen and oxygen atoms in total. The van der Waals surface area contributed by atoms with E-state index in [1.807, 2.05) is 61.5 Å². The number of fused-ring (bicyclic) bond motifs is 1. The number of benzene rings is 3. The topological polar surface area (TPSA) is 102 Å². The third kappa shape index (κ3) is 6.91. The van der Waals surface area contributed by atoms with Gasteiger partial charge < -0.3 is 15.4 Å². The fourth-order valence-corrected chi connectivity index (χ4v) is 6.06. The fourth-order valence-electron chi connectivity index (χ4n) is 5.05. The highest BCUT2D eigenvalue weighted by Crippen LogP contribution is 2.27. The van der Waals surface area contributed by atoms with E-state index in [0.29, 0.717) is 34.6 Å². The molecule has 2 heterocycles. The lowest BCUT2D eigenvalue weighted by atomic mass is 10.1. The summed E-state index contributed by atoms with van der Waals surface area (Å²) in [6, 6.07) is 22.3. The van der Waals surface area contributed by atoms with Crippen molar-refractivity contribution < 1.29 is 14.3 Å². The molecule has 3 aromatic carbocycles. The van der Waals surface area contributed by atoms with Crippen LogP contribution in [0.2, 0.25) is 0 Å². The maximum atomic E-state index is 13.7. The minimum absolute atomic E-state index is 0.0758. The van der Waals surface area contributed by atoms with Crippen molar-refractivity contribution in [1.82, 2.24) is 14.9 Å². The van der Waals surface area contributed by atoms with Gasteiger partial charge in [-0.15, -0.1) is 0 Å². The number of ether oxygens (including phenoxy) is 1. The second-order valence-corrected chi connectivity index (χ2v) is 11.5. The maximum Gasteiger partial charge on any atom is 0.262 e. The Labute approximate surface area is 249 Å². The number of anilines is 1. The number of aromatic nitrogens is 2. The number of carbonyl (C=O) groups is 2. The molecule has 2 N–H and O–H groups in total. The van der Waals surface area contributed by atoms with Gasteiger partial charge in [-0.25, -0.2) is 4.98 Å². The zero-order valence-corrected chi connectivity index (χ0v) is 24.8. The molecule has 0 bridgehead atoms. The number of carbonyl (C=O) groups excluding carboxylic acids is 2. The van der Waals surface area contributed by atoms with Crippen molar-refractivity contribution in [3.63, 3.8) is 0 Å². The predicted octanol–water partition coefficient (Wildman–Crippen LogP) is 5.43. The average molecular weight is 585 g/mol. The van der Waals surface area contributed by atoms with E-state index < -0.39 is 5.25 Å². The van der Waals surface area contributed by atoms with E-state index in [1.54, 1.807) is 22.8 Å². The first kappa shape index (κ1) is 29.5. The molecule has 2 amide bonds. The van der Waals surface area contributed by atoms with Gasteiger partial charge in [0, 0.05) is 24.4 Å². The molecule has 5 rings (SSSR count). The van der Waals surface area contributed by atoms with Crippen molar-refractivity contribution in [2.24, 2.45) is 0 Å². The van der Waals surface area contributed by atoms with Crippen LogP contribution in [0.4, 0.5) is 5.69 Å². The molecular weight excluding hydrogens is 548 g/mol. The van der Waals surface area contributed by atoms with E-state index in [2.05, 4.69) is 17.6 Å². The van der Waals surface area contributed by atoms with Crippen LogP contribution in [-0.2, 0) is 22.5 Å². The van der Waals surface area contributed by atoms with E-state index in [4.69, 9.17) is 9.72 Å². The van der Waals surface area contributed by atoms with Gasteiger partial charge in [-0.1, -0.05) is 68.1 Å². The minimum atomic E-state index is -0.454. The Kier molecular flexibility index (Phi) is 9.71. The summed E-state index contributed by atoms with van der Waals surface area (Å²) in [6.45, 7) is 5.51. The number of amides is 2. The van der Waals surface area contributed by atoms with Gasteiger partial charge in [0.05, 0.1) is 28.8 Å². The van der Waals surface area contributed by atoms with Gasteiger partial charge in [0.15, 0.2) is 5.16 Å². The van der Waals surface area contributed by atoms with E-state index in [-0.39, 0.29) is 30.0 Å². The van der Waals surface area contributed by atoms with Gasteiger partial charge in [0.2, 0.25) is 5.91 Å². The molecule has 1 saturated heterocycles. The van der Waals surface area contributed by atoms with Crippen LogP contribution in [0.5, 0.6) is 0 Å². The summed E-state index contributed by atoms with van der Waals surface area (Å²) in [5.41, 5.74) is 3.67. The van der Waals surface area contributed by atoms with Crippen molar-refractivity contribution in [2.75, 3.05) is 18.5 Å². The van der Waals surface area contributed by atoms with Gasteiger partial charge in [0.25, 0.3) is 11.5 Å². The average Bonchev–Trinajstić information content (AvgIpc) is 3.55. The summed E-state index contributed by atoms with van der Waals surface area (Å²) < 4.78 is 7.21. The SMILES string of the molecule is CCc1ccccc1NC(=O)[C@@H](CC)Sc1nc2ccccc2c(=O)n1Cc1ccc(C(=O)NC[C@H]2CCCO2)cc1. The first-order chi connectivity index (χ1) is 20.5. The van der Waals surface area contributed by atoms with Gasteiger partial charge in [0.1, 0.15) is 0 Å². The lowest BCUT2D eigenvalue weighted by molar-refractivity contribution is -0.115. The largest absolute Gasteiger partial charge is 0.376 e. The van der Waals surface area contributed by atoms with Crippen LogP contribution >= 0.6 is 11.8 Å². The highest BCUT2D eigenvalue weighted by atomic mass is 32.2. The van der Waals surface area contributed by atoms with Crippen molar-refractivity contribution in [3.8, 4) is 0 Å². The van der Waals surface area contributed by atoms with Crippen molar-refractivity contribution in [2.45, 2.75) is 62.6 Å². The Bertz CT molecular complexity index is 1610. The predicted molar refractivity (Wildman–Crippen MR) is 167 cm³/mol. The molecule has 0 aliphatic carbocycles. The standard InChI is InChI=1S/C33H36N4O4S/c1-3-23-10-5-7-13-27(23)35-31(39)29(4-2)42-33-36-28-14-8-6-12-26(28)32(40)37(33)21-22-15-17-24(18-16-22)30(38)34-20-25-11-9-19-41-25/h5-8,10,12-18,25,29H,3-4,9,11,19-21H2,1-2H3,(H,34,38)(H,35,39)/t25-,29-/m1/s1. The summed E-state index contributed by atoms with van der Waals surface area (Å²) >= 11 is 1.29. The number of hydrogen-bond donors (Lipinski definition) is 2. The van der Waals surface area contributed by atoms with Gasteiger partial charge in [-0.3, -0.25) is 19.0 Å². The molecule has 1 aliphatic heterocycles. The molecule has 1 aromatic heterocycles. The third-order valence-corrected chi connectivity index (χ3v) is 8.82. The lowest BCUT2D eigenvalue weighted by Gasteiger charge is -2.19. The summed E-state index contributed by atoms with van der Waals surface area (Å²) in [7, 11) is 0. The van der Waals surface area contributed by atoms with Gasteiger partial charge in [-0.05, 0) is 67.1 Å². The zero-order chi connectivity index (χ0) is 29.5. The molecule has 9 heteroatoms. The molecule has 0 radical (unpaired) electrons. The Morgan fingerprint density at radius 3 is 2.55 bits per heavy atom. The Balaban J connectivity index is 1.37. The number of thioether (sulfide) groups is 1. The molecule has 42 heavy (non-hydrogen) atoms. The summed E-state index contributed by atoms with van der Waals surface area (Å²) in [5, 5.41) is 6.55. The summed E-state index contributed by atoms with van der Waals surface area (Å²) in [5.74, 6) is -0.282. The number of rotatable bonds is 11. The maximum absolute atomic E-state index is 13.7. The Morgan fingerprint density at radius 1 is 1.05 bits per heavy atom. The smallest absolute Gasteiger partial charge is 0.262 e. The molecule has 1 aliphatic rings. The monoisotopic (exact) mass is 584 g/mol. The highest BCUT2D eigenvalue weighted by molar-refractivity contribution is 8.00. The number of nitrogens with zero attached hydrogens (tertiary/aromatic N) is 2. The number of para-hydroxylation sites is 2. The first-order valence-electron chi connectivity index (χ1n) is 14.5. The molecule has 218 valence electrons. The van der Waals surface area contributed by atoms with Crippen LogP contribution in [0.25, 0.3) is 10.9 Å². The van der Waals surface area contributed by atoms with E-state index in [9.17, 15) is 14.4 Å². The molecule has 0 spiro atoms. The second kappa shape index (κ2) is 13.8. The van der Waals surface area contributed by atoms with Crippen LogP contribution < -0.4 is 16.2 Å². The fraction of sp³-hybridized carbons (Fsp3) is 0.333. The minimum Gasteiger partial charge on any atom is -0.376 e. The van der Waals surface area contributed by atoms with Crippen LogP contribution in [0.15, 0.2) is 82.7 Å². The van der Waals surface area contributed by atoms with E-state index in [1.165, 1.54) is 11.8 Å². The van der Waals surface area contributed by atoms with Gasteiger partial charge in [-0.2, -0.15) is 0 Å². The zero-order valence-electron chi connectivity index (χ0n) is 24.0. The normalized spacial score (nSPS) is 15.4. The van der Waals surface area contributed by atoms with Crippen LogP contribution in [0, 0.1) is 0 Å². The van der Waals surface area contributed by atoms with Gasteiger partial charge >= 0.3 is 0 Å². The van der Waals surface area contributed by atoms with Crippen molar-refractivity contribution in [1.29, 1.82) is 0 Å². The van der Waals surface area contributed by atoms with E-state index >= 15 is 0 Å².